The minimum Gasteiger partial charge on any atom is -0.485 e. The first-order valence-electron chi connectivity index (χ1n) is 10.4. The van der Waals surface area contributed by atoms with E-state index < -0.39 is 26.8 Å². The summed E-state index contributed by atoms with van der Waals surface area (Å²) < 4.78 is 13.5. The van der Waals surface area contributed by atoms with Crippen molar-refractivity contribution >= 4 is 9.04 Å². The molecule has 1 radical (unpaired) electrons. The summed E-state index contributed by atoms with van der Waals surface area (Å²) in [6.45, 7) is 14.2. The second-order valence-electron chi connectivity index (χ2n) is 9.87. The molecule has 165 valence electrons. The number of ether oxygens (including phenoxy) is 1. The number of aliphatic hydroxyl groups excluding tert-OH is 1. The molecule has 7 heteroatoms. The van der Waals surface area contributed by atoms with Gasteiger partial charge in [-0.25, -0.2) is 0 Å². The highest BCUT2D eigenvalue weighted by atomic mass is 28.3. The highest BCUT2D eigenvalue weighted by Gasteiger charge is 2.44. The van der Waals surface area contributed by atoms with Crippen LogP contribution in [0.5, 0.6) is 5.75 Å². The Bertz CT molecular complexity index is 1080. The molecule has 1 aromatic carbocycles. The zero-order valence-electron chi connectivity index (χ0n) is 19.3. The molecule has 1 aliphatic rings. The summed E-state index contributed by atoms with van der Waals surface area (Å²) in [6.07, 6.45) is 0.834. The maximum absolute atomic E-state index is 13.6. The number of hydrogen-bond donors (Lipinski definition) is 1. The van der Waals surface area contributed by atoms with Crippen LogP contribution in [0.25, 0.3) is 0 Å². The molecule has 0 saturated carbocycles. The maximum Gasteiger partial charge on any atom is 0.256 e. The molecule has 2 heterocycles. The summed E-state index contributed by atoms with van der Waals surface area (Å²) in [5.74, 6) is 0.567. The van der Waals surface area contributed by atoms with Crippen molar-refractivity contribution in [3.05, 3.63) is 63.1 Å². The van der Waals surface area contributed by atoms with Gasteiger partial charge >= 0.3 is 0 Å². The normalized spacial score (nSPS) is 20.1. The molecule has 2 atom stereocenters. The molecule has 1 N–H and O–H groups in total. The van der Waals surface area contributed by atoms with E-state index in [0.29, 0.717) is 22.4 Å². The SMILES string of the molecule is C[Si](C)OCc1cc(C(C)(C)C)cn([C@H]2c3cc(C#N)ccc3OC(C)(C)[C@@H]2O)c1=O. The monoisotopic (exact) mass is 439 g/mol. The van der Waals surface area contributed by atoms with Crippen LogP contribution in [0.1, 0.15) is 62.9 Å². The lowest BCUT2D eigenvalue weighted by molar-refractivity contribution is -0.0644. The Morgan fingerprint density at radius 2 is 1.97 bits per heavy atom. The molecule has 0 spiro atoms. The minimum atomic E-state index is -0.993. The zero-order valence-corrected chi connectivity index (χ0v) is 20.3. The minimum absolute atomic E-state index is 0.202. The van der Waals surface area contributed by atoms with Gasteiger partial charge in [-0.1, -0.05) is 20.8 Å². The van der Waals surface area contributed by atoms with Gasteiger partial charge in [0.05, 0.1) is 24.3 Å². The fourth-order valence-corrected chi connectivity index (χ4v) is 4.19. The molecule has 31 heavy (non-hydrogen) atoms. The smallest absolute Gasteiger partial charge is 0.256 e. The molecular formula is C24H31N2O4Si. The van der Waals surface area contributed by atoms with Gasteiger partial charge in [0, 0.05) is 17.3 Å². The molecule has 0 bridgehead atoms. The van der Waals surface area contributed by atoms with Gasteiger partial charge in [0.2, 0.25) is 9.04 Å². The molecule has 3 rings (SSSR count). The third-order valence-corrected chi connectivity index (χ3v) is 6.36. The number of aliphatic hydroxyl groups is 1. The Morgan fingerprint density at radius 3 is 2.55 bits per heavy atom. The van der Waals surface area contributed by atoms with Crippen molar-refractivity contribution in [2.75, 3.05) is 0 Å². The van der Waals surface area contributed by atoms with Gasteiger partial charge in [0.1, 0.15) is 17.5 Å². The van der Waals surface area contributed by atoms with Crippen molar-refractivity contribution in [2.45, 2.75) is 77.5 Å². The number of nitrogens with zero attached hydrogens (tertiary/aromatic N) is 2. The van der Waals surface area contributed by atoms with Crippen molar-refractivity contribution in [2.24, 2.45) is 0 Å². The Balaban J connectivity index is 2.28. The Morgan fingerprint density at radius 1 is 1.29 bits per heavy atom. The van der Waals surface area contributed by atoms with Crippen molar-refractivity contribution in [1.82, 2.24) is 4.57 Å². The lowest BCUT2D eigenvalue weighted by Gasteiger charge is -2.43. The van der Waals surface area contributed by atoms with Gasteiger partial charge in [-0.15, -0.1) is 0 Å². The predicted molar refractivity (Wildman–Crippen MR) is 122 cm³/mol. The molecule has 0 unspecified atom stereocenters. The zero-order chi connectivity index (χ0) is 23.1. The van der Waals surface area contributed by atoms with Crippen molar-refractivity contribution in [3.8, 4) is 11.8 Å². The van der Waals surface area contributed by atoms with Crippen molar-refractivity contribution in [3.63, 3.8) is 0 Å². The lowest BCUT2D eigenvalue weighted by Crippen LogP contribution is -2.52. The van der Waals surface area contributed by atoms with Crippen LogP contribution in [0.4, 0.5) is 0 Å². The topological polar surface area (TPSA) is 84.5 Å². The van der Waals surface area contributed by atoms with Crippen molar-refractivity contribution < 1.29 is 14.3 Å². The number of pyridine rings is 1. The van der Waals surface area contributed by atoms with Gasteiger partial charge in [-0.05, 0) is 62.2 Å². The van der Waals surface area contributed by atoms with E-state index in [0.717, 1.165) is 5.56 Å². The summed E-state index contributed by atoms with van der Waals surface area (Å²) in [5, 5.41) is 20.7. The Hall–Kier alpha value is -2.40. The van der Waals surface area contributed by atoms with Crippen LogP contribution in [0.2, 0.25) is 13.1 Å². The fourth-order valence-electron chi connectivity index (χ4n) is 3.74. The number of benzene rings is 1. The van der Waals surface area contributed by atoms with E-state index in [4.69, 9.17) is 9.16 Å². The lowest BCUT2D eigenvalue weighted by atomic mass is 9.84. The highest BCUT2D eigenvalue weighted by molar-refractivity contribution is 6.48. The summed E-state index contributed by atoms with van der Waals surface area (Å²) in [5.41, 5.74) is 1.29. The number of aromatic nitrogens is 1. The number of nitriles is 1. The molecule has 6 nitrogen and oxygen atoms in total. The quantitative estimate of drug-likeness (QED) is 0.730. The van der Waals surface area contributed by atoms with Gasteiger partial charge in [0.25, 0.3) is 5.56 Å². The molecular weight excluding hydrogens is 408 g/mol. The second-order valence-corrected chi connectivity index (χ2v) is 12.0. The average Bonchev–Trinajstić information content (AvgIpc) is 2.67. The van der Waals surface area contributed by atoms with Crippen LogP contribution in [0.3, 0.4) is 0 Å². The largest absolute Gasteiger partial charge is 0.485 e. The van der Waals surface area contributed by atoms with Crippen LogP contribution in [0.15, 0.2) is 35.3 Å². The summed E-state index contributed by atoms with van der Waals surface area (Å²) in [7, 11) is -0.973. The van der Waals surface area contributed by atoms with Crippen molar-refractivity contribution in [1.29, 1.82) is 5.26 Å². The summed E-state index contributed by atoms with van der Waals surface area (Å²) in [4.78, 5) is 13.6. The maximum atomic E-state index is 13.6. The van der Waals surface area contributed by atoms with Gasteiger partial charge in [0.15, 0.2) is 0 Å². The first kappa shape index (κ1) is 23.3. The summed E-state index contributed by atoms with van der Waals surface area (Å²) >= 11 is 0. The molecule has 1 aliphatic heterocycles. The van der Waals surface area contributed by atoms with E-state index in [1.54, 1.807) is 36.6 Å². The van der Waals surface area contributed by atoms with Gasteiger partial charge < -0.3 is 18.8 Å². The van der Waals surface area contributed by atoms with Crippen LogP contribution >= 0.6 is 0 Å². The molecule has 2 aromatic rings. The Kier molecular flexibility index (Phi) is 6.20. The first-order valence-corrected chi connectivity index (χ1v) is 12.9. The molecule has 0 aliphatic carbocycles. The van der Waals surface area contributed by atoms with E-state index in [9.17, 15) is 15.2 Å². The average molecular weight is 440 g/mol. The van der Waals surface area contributed by atoms with Crippen LogP contribution in [0, 0.1) is 11.3 Å². The van der Waals surface area contributed by atoms with Crippen LogP contribution < -0.4 is 10.3 Å². The number of hydrogen-bond acceptors (Lipinski definition) is 5. The van der Waals surface area contributed by atoms with Crippen LogP contribution in [-0.2, 0) is 16.4 Å². The number of rotatable bonds is 4. The third kappa shape index (κ3) is 4.61. The fraction of sp³-hybridized carbons (Fsp3) is 0.500. The summed E-state index contributed by atoms with van der Waals surface area (Å²) in [6, 6.07) is 8.48. The Labute approximate surface area is 185 Å². The highest BCUT2D eigenvalue weighted by Crippen LogP contribution is 2.42. The first-order chi connectivity index (χ1) is 14.3. The van der Waals surface area contributed by atoms with E-state index in [1.807, 2.05) is 25.4 Å². The standard InChI is InChI=1S/C24H31N2O4Si/c1-23(2,3)17-11-16(14-29-31(6)7)22(28)26(13-17)20-18-10-15(12-25)8-9-19(18)30-24(4,5)21(20)27/h8-11,13,20-21,27H,14H2,1-7H3/t20-,21+/m0/s1. The molecule has 0 fully saturated rings. The second kappa shape index (κ2) is 8.27. The van der Waals surface area contributed by atoms with Gasteiger partial charge in [-0.3, -0.25) is 4.79 Å². The van der Waals surface area contributed by atoms with Gasteiger partial charge in [-0.2, -0.15) is 5.26 Å². The molecule has 0 saturated heterocycles. The van der Waals surface area contributed by atoms with E-state index in [2.05, 4.69) is 26.8 Å². The molecule has 1 aromatic heterocycles. The predicted octanol–water partition coefficient (Wildman–Crippen LogP) is 3.91. The van der Waals surface area contributed by atoms with E-state index >= 15 is 0 Å². The van der Waals surface area contributed by atoms with E-state index in [1.165, 1.54) is 0 Å². The molecule has 0 amide bonds. The van der Waals surface area contributed by atoms with E-state index in [-0.39, 0.29) is 17.6 Å². The number of fused-ring (bicyclic) bond motifs is 1. The van der Waals surface area contributed by atoms with Crippen LogP contribution in [-0.4, -0.2) is 30.4 Å². The third-order valence-electron chi connectivity index (χ3n) is 5.64.